The maximum Gasteiger partial charge on any atom is 0.416 e. The molecule has 23 heavy (non-hydrogen) atoms. The Balaban J connectivity index is 1.89. The summed E-state index contributed by atoms with van der Waals surface area (Å²) in [6.45, 7) is 5.66. The third-order valence-corrected chi connectivity index (χ3v) is 3.98. The van der Waals surface area contributed by atoms with E-state index >= 15 is 0 Å². The number of aromatic nitrogens is 1. The van der Waals surface area contributed by atoms with Crippen molar-refractivity contribution < 1.29 is 17.9 Å². The summed E-state index contributed by atoms with van der Waals surface area (Å²) in [5.74, 6) is 0. The third-order valence-electron chi connectivity index (χ3n) is 3.98. The highest BCUT2D eigenvalue weighted by Crippen LogP contribution is 2.34. The number of ether oxygens (including phenoxy) is 1. The molecule has 1 atom stereocenters. The molecule has 0 N–H and O–H groups in total. The summed E-state index contributed by atoms with van der Waals surface area (Å²) in [5.41, 5.74) is 0.574. The van der Waals surface area contributed by atoms with Gasteiger partial charge >= 0.3 is 6.18 Å². The molecule has 3 nitrogen and oxygen atoms in total. The van der Waals surface area contributed by atoms with Crippen LogP contribution in [-0.4, -0.2) is 30.8 Å². The van der Waals surface area contributed by atoms with Gasteiger partial charge in [0.15, 0.2) is 0 Å². The van der Waals surface area contributed by atoms with Crippen LogP contribution in [0.25, 0.3) is 10.9 Å². The van der Waals surface area contributed by atoms with Gasteiger partial charge in [0.05, 0.1) is 23.8 Å². The summed E-state index contributed by atoms with van der Waals surface area (Å²) < 4.78 is 44.1. The Kier molecular flexibility index (Phi) is 4.26. The van der Waals surface area contributed by atoms with Crippen LogP contribution >= 0.6 is 0 Å². The average molecular weight is 322 g/mol. The Hall–Kier alpha value is -2.08. The molecule has 0 radical (unpaired) electrons. The monoisotopic (exact) mass is 322 g/mol. The van der Waals surface area contributed by atoms with Crippen LogP contribution in [0.4, 0.5) is 18.9 Å². The fraction of sp³-hybridized carbons (Fsp3) is 0.353. The molecular weight excluding hydrogens is 305 g/mol. The van der Waals surface area contributed by atoms with Gasteiger partial charge in [0, 0.05) is 30.4 Å². The van der Waals surface area contributed by atoms with Gasteiger partial charge in [-0.3, -0.25) is 4.98 Å². The van der Waals surface area contributed by atoms with Crippen molar-refractivity contribution >= 4 is 16.6 Å². The predicted octanol–water partition coefficient (Wildman–Crippen LogP) is 4.03. The Morgan fingerprint density at radius 2 is 2.17 bits per heavy atom. The molecule has 0 spiro atoms. The number of fused-ring (bicyclic) bond motifs is 1. The van der Waals surface area contributed by atoms with Crippen LogP contribution in [0.1, 0.15) is 12.0 Å². The fourth-order valence-electron chi connectivity index (χ4n) is 2.87. The lowest BCUT2D eigenvalue weighted by molar-refractivity contribution is -0.137. The van der Waals surface area contributed by atoms with E-state index < -0.39 is 11.7 Å². The average Bonchev–Trinajstić information content (AvgIpc) is 2.99. The molecule has 0 amide bonds. The number of hydrogen-bond donors (Lipinski definition) is 0. The normalized spacial score (nSPS) is 18.6. The van der Waals surface area contributed by atoms with Crippen molar-refractivity contribution in [3.8, 4) is 0 Å². The van der Waals surface area contributed by atoms with Gasteiger partial charge in [0.2, 0.25) is 0 Å². The smallest absolute Gasteiger partial charge is 0.372 e. The molecule has 1 aliphatic rings. The second-order valence-electron chi connectivity index (χ2n) is 5.54. The van der Waals surface area contributed by atoms with Crippen molar-refractivity contribution in [1.82, 2.24) is 4.98 Å². The minimum atomic E-state index is -4.36. The molecule has 0 bridgehead atoms. The van der Waals surface area contributed by atoms with E-state index in [1.165, 1.54) is 6.07 Å². The molecule has 2 aromatic rings. The minimum Gasteiger partial charge on any atom is -0.372 e. The number of halogens is 3. The van der Waals surface area contributed by atoms with Gasteiger partial charge in [-0.2, -0.15) is 13.2 Å². The Morgan fingerprint density at radius 1 is 1.35 bits per heavy atom. The lowest BCUT2D eigenvalue weighted by Crippen LogP contribution is -2.23. The molecule has 1 aliphatic heterocycles. The first-order chi connectivity index (χ1) is 11.0. The van der Waals surface area contributed by atoms with Crippen molar-refractivity contribution in [1.29, 1.82) is 0 Å². The van der Waals surface area contributed by atoms with Crippen LogP contribution in [0.2, 0.25) is 0 Å². The van der Waals surface area contributed by atoms with Crippen molar-refractivity contribution in [2.75, 3.05) is 24.6 Å². The summed E-state index contributed by atoms with van der Waals surface area (Å²) in [6.07, 6.45) is -0.0916. The zero-order valence-electron chi connectivity index (χ0n) is 12.5. The van der Waals surface area contributed by atoms with E-state index in [4.69, 9.17) is 4.74 Å². The van der Waals surface area contributed by atoms with Crippen molar-refractivity contribution in [2.45, 2.75) is 18.7 Å². The Bertz CT molecular complexity index is 715. The van der Waals surface area contributed by atoms with E-state index in [1.54, 1.807) is 12.3 Å². The zero-order valence-corrected chi connectivity index (χ0v) is 12.5. The molecule has 1 aromatic heterocycles. The number of hydrogen-bond acceptors (Lipinski definition) is 3. The molecule has 0 saturated carbocycles. The third kappa shape index (κ3) is 3.32. The highest BCUT2D eigenvalue weighted by molar-refractivity contribution is 5.92. The van der Waals surface area contributed by atoms with Crippen LogP contribution in [0.15, 0.2) is 43.1 Å². The van der Waals surface area contributed by atoms with Crippen molar-refractivity contribution in [3.05, 3.63) is 48.7 Å². The largest absolute Gasteiger partial charge is 0.416 e. The number of nitrogens with zero attached hydrogens (tertiary/aromatic N) is 2. The summed E-state index contributed by atoms with van der Waals surface area (Å²) in [6, 6.07) is 5.54. The van der Waals surface area contributed by atoms with Crippen LogP contribution < -0.4 is 4.90 Å². The van der Waals surface area contributed by atoms with E-state index in [2.05, 4.69) is 16.5 Å². The van der Waals surface area contributed by atoms with Crippen molar-refractivity contribution in [2.24, 2.45) is 0 Å². The van der Waals surface area contributed by atoms with E-state index in [1.807, 2.05) is 6.07 Å². The van der Waals surface area contributed by atoms with E-state index in [9.17, 15) is 13.2 Å². The summed E-state index contributed by atoms with van der Waals surface area (Å²) in [5, 5.41) is 0.727. The van der Waals surface area contributed by atoms with Gasteiger partial charge in [-0.25, -0.2) is 0 Å². The first kappa shape index (κ1) is 15.8. The standard InChI is InChI=1S/C17H17F3N2O/c1-2-9-23-13-6-8-22(11-13)16-5-7-21-15-10-12(17(18,19)20)3-4-14(15)16/h2-5,7,10,13H,1,6,8-9,11H2. The van der Waals surface area contributed by atoms with Crippen LogP contribution in [-0.2, 0) is 10.9 Å². The number of pyridine rings is 1. The zero-order chi connectivity index (χ0) is 16.4. The maximum absolute atomic E-state index is 12.8. The quantitative estimate of drug-likeness (QED) is 0.795. The van der Waals surface area contributed by atoms with E-state index in [0.29, 0.717) is 18.7 Å². The van der Waals surface area contributed by atoms with Crippen LogP contribution in [0, 0.1) is 0 Å². The van der Waals surface area contributed by atoms with Crippen LogP contribution in [0.3, 0.4) is 0 Å². The molecule has 122 valence electrons. The summed E-state index contributed by atoms with van der Waals surface area (Å²) >= 11 is 0. The molecular formula is C17H17F3N2O. The lowest BCUT2D eigenvalue weighted by atomic mass is 10.1. The first-order valence-electron chi connectivity index (χ1n) is 7.42. The second-order valence-corrected chi connectivity index (χ2v) is 5.54. The maximum atomic E-state index is 12.8. The molecule has 0 aliphatic carbocycles. The van der Waals surface area contributed by atoms with Crippen LogP contribution in [0.5, 0.6) is 0 Å². The molecule has 1 saturated heterocycles. The second kappa shape index (κ2) is 6.20. The summed E-state index contributed by atoms with van der Waals surface area (Å²) in [7, 11) is 0. The van der Waals surface area contributed by atoms with Gasteiger partial charge < -0.3 is 9.64 Å². The highest BCUT2D eigenvalue weighted by atomic mass is 19.4. The van der Waals surface area contributed by atoms with Gasteiger partial charge in [0.1, 0.15) is 0 Å². The summed E-state index contributed by atoms with van der Waals surface area (Å²) in [4.78, 5) is 6.21. The molecule has 6 heteroatoms. The molecule has 3 rings (SSSR count). The lowest BCUT2D eigenvalue weighted by Gasteiger charge is -2.20. The van der Waals surface area contributed by atoms with Gasteiger partial charge in [-0.1, -0.05) is 12.1 Å². The van der Waals surface area contributed by atoms with E-state index in [-0.39, 0.29) is 6.10 Å². The van der Waals surface area contributed by atoms with Gasteiger partial charge in [0.25, 0.3) is 0 Å². The number of anilines is 1. The first-order valence-corrected chi connectivity index (χ1v) is 7.42. The van der Waals surface area contributed by atoms with Gasteiger partial charge in [-0.15, -0.1) is 6.58 Å². The van der Waals surface area contributed by atoms with Crippen molar-refractivity contribution in [3.63, 3.8) is 0 Å². The number of alkyl halides is 3. The molecule has 2 heterocycles. The molecule has 1 unspecified atom stereocenters. The Morgan fingerprint density at radius 3 is 2.91 bits per heavy atom. The highest BCUT2D eigenvalue weighted by Gasteiger charge is 2.31. The topological polar surface area (TPSA) is 25.4 Å². The van der Waals surface area contributed by atoms with E-state index in [0.717, 1.165) is 36.2 Å². The fourth-order valence-corrected chi connectivity index (χ4v) is 2.87. The minimum absolute atomic E-state index is 0.116. The van der Waals surface area contributed by atoms with Gasteiger partial charge in [-0.05, 0) is 24.6 Å². The molecule has 1 fully saturated rings. The number of rotatable bonds is 4. The Labute approximate surface area is 132 Å². The number of benzene rings is 1. The predicted molar refractivity (Wildman–Crippen MR) is 83.5 cm³/mol. The SMILES string of the molecule is C=CCOC1CCN(c2ccnc3cc(C(F)(F)F)ccc23)C1. The molecule has 1 aromatic carbocycles.